The zero-order chi connectivity index (χ0) is 14.2. The number of ether oxygens (including phenoxy) is 1. The van der Waals surface area contributed by atoms with Gasteiger partial charge in [0.15, 0.2) is 0 Å². The van der Waals surface area contributed by atoms with E-state index in [1.54, 1.807) is 0 Å². The highest BCUT2D eigenvalue weighted by Gasteiger charge is 2.50. The summed E-state index contributed by atoms with van der Waals surface area (Å²) in [5.41, 5.74) is 0.00167. The first-order valence-corrected chi connectivity index (χ1v) is 9.61. The predicted octanol–water partition coefficient (Wildman–Crippen LogP) is 0.674. The van der Waals surface area contributed by atoms with Crippen molar-refractivity contribution in [1.82, 2.24) is 9.62 Å². The first-order chi connectivity index (χ1) is 9.47. The Labute approximate surface area is 122 Å². The second-order valence-corrected chi connectivity index (χ2v) is 8.85. The van der Waals surface area contributed by atoms with Gasteiger partial charge in [0.25, 0.3) is 0 Å². The van der Waals surface area contributed by atoms with Crippen molar-refractivity contribution in [2.45, 2.75) is 25.7 Å². The number of hydrogen-bond acceptors (Lipinski definition) is 4. The van der Waals surface area contributed by atoms with Gasteiger partial charge in [-0.3, -0.25) is 0 Å². The molecule has 0 bridgehead atoms. The van der Waals surface area contributed by atoms with Gasteiger partial charge in [-0.1, -0.05) is 12.8 Å². The standard InChI is InChI=1S/C14H26N2O3S/c1-20(17,18)15-9-14-10-16(6-12-4-2-3-5-12)7-13(14)8-19-11-14/h12-13,15H,2-11H2,1H3/t13-,14+/m1/s1. The lowest BCUT2D eigenvalue weighted by Gasteiger charge is -2.28. The molecule has 2 heterocycles. The minimum absolute atomic E-state index is 0.00167. The highest BCUT2D eigenvalue weighted by Crippen LogP contribution is 2.41. The Bertz CT molecular complexity index is 447. The fraction of sp³-hybridized carbons (Fsp3) is 1.00. The van der Waals surface area contributed by atoms with Gasteiger partial charge >= 0.3 is 0 Å². The number of hydrogen-bond donors (Lipinski definition) is 1. The molecule has 1 saturated carbocycles. The second kappa shape index (κ2) is 5.55. The monoisotopic (exact) mass is 302 g/mol. The van der Waals surface area contributed by atoms with Gasteiger partial charge in [-0.25, -0.2) is 13.1 Å². The number of likely N-dealkylation sites (tertiary alicyclic amines) is 1. The highest BCUT2D eigenvalue weighted by molar-refractivity contribution is 7.88. The number of fused-ring (bicyclic) bond motifs is 1. The third kappa shape index (κ3) is 3.18. The molecule has 116 valence electrons. The Hall–Kier alpha value is -0.170. The van der Waals surface area contributed by atoms with Crippen LogP contribution in [0, 0.1) is 17.3 Å². The molecule has 3 rings (SSSR count). The molecule has 20 heavy (non-hydrogen) atoms. The lowest BCUT2D eigenvalue weighted by Crippen LogP contribution is -2.43. The fourth-order valence-electron chi connectivity index (χ4n) is 4.16. The molecule has 0 unspecified atom stereocenters. The van der Waals surface area contributed by atoms with E-state index in [4.69, 9.17) is 4.74 Å². The maximum Gasteiger partial charge on any atom is 0.208 e. The molecule has 6 heteroatoms. The zero-order valence-corrected chi connectivity index (χ0v) is 13.1. The number of sulfonamides is 1. The van der Waals surface area contributed by atoms with Gasteiger partial charge in [0.1, 0.15) is 0 Å². The molecular weight excluding hydrogens is 276 g/mol. The van der Waals surface area contributed by atoms with Crippen LogP contribution in [-0.2, 0) is 14.8 Å². The minimum atomic E-state index is -3.12. The van der Waals surface area contributed by atoms with Gasteiger partial charge < -0.3 is 9.64 Å². The molecule has 1 aliphatic carbocycles. The van der Waals surface area contributed by atoms with Crippen molar-refractivity contribution in [1.29, 1.82) is 0 Å². The van der Waals surface area contributed by atoms with Crippen LogP contribution in [0.4, 0.5) is 0 Å². The van der Waals surface area contributed by atoms with E-state index < -0.39 is 10.0 Å². The van der Waals surface area contributed by atoms with Crippen LogP contribution in [0.15, 0.2) is 0 Å². The van der Waals surface area contributed by atoms with Gasteiger partial charge in [0, 0.05) is 37.5 Å². The molecular formula is C14H26N2O3S. The molecule has 2 saturated heterocycles. The molecule has 1 N–H and O–H groups in total. The summed E-state index contributed by atoms with van der Waals surface area (Å²) in [6.45, 7) is 5.25. The van der Waals surface area contributed by atoms with Crippen LogP contribution in [-0.4, -0.2) is 59.0 Å². The third-order valence-corrected chi connectivity index (χ3v) is 5.94. The predicted molar refractivity (Wildman–Crippen MR) is 78.0 cm³/mol. The van der Waals surface area contributed by atoms with E-state index in [1.165, 1.54) is 38.5 Å². The lowest BCUT2D eigenvalue weighted by atomic mass is 9.81. The Balaban J connectivity index is 1.60. The summed E-state index contributed by atoms with van der Waals surface area (Å²) in [6, 6.07) is 0. The summed E-state index contributed by atoms with van der Waals surface area (Å²) in [7, 11) is -3.12. The smallest absolute Gasteiger partial charge is 0.208 e. The number of nitrogens with one attached hydrogen (secondary N) is 1. The molecule has 2 atom stereocenters. The third-order valence-electron chi connectivity index (χ3n) is 5.27. The summed E-state index contributed by atoms with van der Waals surface area (Å²) in [6.07, 6.45) is 6.73. The summed E-state index contributed by atoms with van der Waals surface area (Å²) in [5.74, 6) is 1.34. The maximum absolute atomic E-state index is 11.4. The summed E-state index contributed by atoms with van der Waals surface area (Å²) in [5, 5.41) is 0. The van der Waals surface area contributed by atoms with Crippen LogP contribution in [0.1, 0.15) is 25.7 Å². The van der Waals surface area contributed by atoms with Crippen molar-refractivity contribution >= 4 is 10.0 Å². The van der Waals surface area contributed by atoms with E-state index >= 15 is 0 Å². The Kier molecular flexibility index (Phi) is 4.10. The van der Waals surface area contributed by atoms with Crippen molar-refractivity contribution < 1.29 is 13.2 Å². The first kappa shape index (κ1) is 14.8. The topological polar surface area (TPSA) is 58.6 Å². The van der Waals surface area contributed by atoms with Crippen LogP contribution >= 0.6 is 0 Å². The molecule has 3 fully saturated rings. The molecule has 0 radical (unpaired) electrons. The lowest BCUT2D eigenvalue weighted by molar-refractivity contribution is 0.125. The van der Waals surface area contributed by atoms with E-state index in [-0.39, 0.29) is 5.41 Å². The van der Waals surface area contributed by atoms with Gasteiger partial charge in [0.05, 0.1) is 19.5 Å². The molecule has 0 aromatic carbocycles. The van der Waals surface area contributed by atoms with Gasteiger partial charge in [-0.05, 0) is 18.8 Å². The Morgan fingerprint density at radius 3 is 2.80 bits per heavy atom. The quantitative estimate of drug-likeness (QED) is 0.811. The van der Waals surface area contributed by atoms with E-state index in [0.717, 1.165) is 25.6 Å². The number of rotatable bonds is 5. The summed E-state index contributed by atoms with van der Waals surface area (Å²) in [4.78, 5) is 2.55. The van der Waals surface area contributed by atoms with Crippen molar-refractivity contribution in [2.75, 3.05) is 45.6 Å². The van der Waals surface area contributed by atoms with E-state index in [1.807, 2.05) is 0 Å². The van der Waals surface area contributed by atoms with Crippen LogP contribution in [0.3, 0.4) is 0 Å². The first-order valence-electron chi connectivity index (χ1n) is 7.72. The molecule has 0 aromatic heterocycles. The van der Waals surface area contributed by atoms with Crippen LogP contribution in [0.25, 0.3) is 0 Å². The summed E-state index contributed by atoms with van der Waals surface area (Å²) < 4.78 is 31.1. The van der Waals surface area contributed by atoms with Gasteiger partial charge in [0.2, 0.25) is 10.0 Å². The van der Waals surface area contributed by atoms with Gasteiger partial charge in [-0.15, -0.1) is 0 Å². The molecule has 0 spiro atoms. The van der Waals surface area contributed by atoms with Crippen LogP contribution in [0.5, 0.6) is 0 Å². The van der Waals surface area contributed by atoms with Crippen LogP contribution < -0.4 is 4.72 Å². The van der Waals surface area contributed by atoms with Crippen molar-refractivity contribution in [2.24, 2.45) is 17.3 Å². The highest BCUT2D eigenvalue weighted by atomic mass is 32.2. The van der Waals surface area contributed by atoms with Crippen LogP contribution in [0.2, 0.25) is 0 Å². The van der Waals surface area contributed by atoms with Crippen molar-refractivity contribution in [3.8, 4) is 0 Å². The fourth-order valence-corrected chi connectivity index (χ4v) is 4.71. The molecule has 3 aliphatic rings. The van der Waals surface area contributed by atoms with E-state index in [9.17, 15) is 8.42 Å². The van der Waals surface area contributed by atoms with E-state index in [0.29, 0.717) is 19.1 Å². The van der Waals surface area contributed by atoms with Crippen molar-refractivity contribution in [3.63, 3.8) is 0 Å². The molecule has 2 aliphatic heterocycles. The van der Waals surface area contributed by atoms with E-state index in [2.05, 4.69) is 9.62 Å². The second-order valence-electron chi connectivity index (χ2n) is 7.01. The van der Waals surface area contributed by atoms with Gasteiger partial charge in [-0.2, -0.15) is 0 Å². The Morgan fingerprint density at radius 2 is 2.10 bits per heavy atom. The largest absolute Gasteiger partial charge is 0.380 e. The SMILES string of the molecule is CS(=O)(=O)NC[C@]12COC[C@H]1CN(CC1CCCC1)C2. The molecule has 0 aromatic rings. The zero-order valence-electron chi connectivity index (χ0n) is 12.3. The normalized spacial score (nSPS) is 35.8. The van der Waals surface area contributed by atoms with Crippen molar-refractivity contribution in [3.05, 3.63) is 0 Å². The maximum atomic E-state index is 11.4. The number of nitrogens with zero attached hydrogens (tertiary/aromatic N) is 1. The minimum Gasteiger partial charge on any atom is -0.380 e. The summed E-state index contributed by atoms with van der Waals surface area (Å²) >= 11 is 0. The molecule has 5 nitrogen and oxygen atoms in total. The molecule has 0 amide bonds. The Morgan fingerprint density at radius 1 is 1.35 bits per heavy atom. The average Bonchev–Trinajstić information content (AvgIpc) is 3.01. The average molecular weight is 302 g/mol.